The summed E-state index contributed by atoms with van der Waals surface area (Å²) in [5.41, 5.74) is 1.58. The largest absolute Gasteiger partial charge is 0.497 e. The summed E-state index contributed by atoms with van der Waals surface area (Å²) >= 11 is 0. The lowest BCUT2D eigenvalue weighted by Crippen LogP contribution is -2.46. The average Bonchev–Trinajstić information content (AvgIpc) is 3.08. The van der Waals surface area contributed by atoms with Gasteiger partial charge in [0.15, 0.2) is 0 Å². The second-order valence-electron chi connectivity index (χ2n) is 8.10. The molecular formula is C25H32FN3O3. The molecule has 1 aliphatic heterocycles. The van der Waals surface area contributed by atoms with Crippen LogP contribution in [-0.4, -0.2) is 60.9 Å². The van der Waals surface area contributed by atoms with E-state index < -0.39 is 0 Å². The van der Waals surface area contributed by atoms with Crippen LogP contribution < -0.4 is 10.1 Å². The Morgan fingerprint density at radius 2 is 1.81 bits per heavy atom. The van der Waals surface area contributed by atoms with Crippen LogP contribution in [0.4, 0.5) is 4.39 Å². The van der Waals surface area contributed by atoms with E-state index in [2.05, 4.69) is 10.2 Å². The lowest BCUT2D eigenvalue weighted by Gasteiger charge is -2.27. The molecule has 0 radical (unpaired) electrons. The molecule has 1 atom stereocenters. The first-order chi connectivity index (χ1) is 15.5. The Morgan fingerprint density at radius 3 is 2.53 bits per heavy atom. The summed E-state index contributed by atoms with van der Waals surface area (Å²) in [6.07, 6.45) is 1.97. The van der Waals surface area contributed by atoms with Crippen LogP contribution in [0.5, 0.6) is 5.75 Å². The van der Waals surface area contributed by atoms with Gasteiger partial charge in [0.05, 0.1) is 13.2 Å². The van der Waals surface area contributed by atoms with Crippen molar-refractivity contribution in [3.63, 3.8) is 0 Å². The highest BCUT2D eigenvalue weighted by Crippen LogP contribution is 2.14. The Hall–Kier alpha value is -2.93. The molecule has 6 nitrogen and oxygen atoms in total. The van der Waals surface area contributed by atoms with E-state index in [-0.39, 0.29) is 30.2 Å². The predicted octanol–water partition coefficient (Wildman–Crippen LogP) is 3.01. The Morgan fingerprint density at radius 1 is 1.06 bits per heavy atom. The molecule has 1 unspecified atom stereocenters. The molecular weight excluding hydrogens is 409 g/mol. The van der Waals surface area contributed by atoms with Gasteiger partial charge in [-0.05, 0) is 43.5 Å². The van der Waals surface area contributed by atoms with Gasteiger partial charge >= 0.3 is 0 Å². The van der Waals surface area contributed by atoms with Crippen LogP contribution in [0.25, 0.3) is 0 Å². The molecule has 1 aliphatic rings. The molecule has 2 amide bonds. The first kappa shape index (κ1) is 23.7. The number of aryl methyl sites for hydroxylation is 1. The fraction of sp³-hybridized carbons (Fsp3) is 0.440. The molecule has 172 valence electrons. The minimum absolute atomic E-state index is 0.132. The summed E-state index contributed by atoms with van der Waals surface area (Å²) in [6, 6.07) is 13.9. The van der Waals surface area contributed by atoms with Gasteiger partial charge in [0.2, 0.25) is 11.8 Å². The number of methoxy groups -OCH3 is 1. The van der Waals surface area contributed by atoms with Crippen molar-refractivity contribution in [1.82, 2.24) is 15.1 Å². The Bertz CT molecular complexity index is 904. The molecule has 0 aromatic heterocycles. The first-order valence-electron chi connectivity index (χ1n) is 11.1. The molecule has 0 aliphatic carbocycles. The van der Waals surface area contributed by atoms with Crippen molar-refractivity contribution in [2.75, 3.05) is 33.3 Å². The lowest BCUT2D eigenvalue weighted by molar-refractivity contribution is -0.131. The highest BCUT2D eigenvalue weighted by molar-refractivity contribution is 5.81. The van der Waals surface area contributed by atoms with Crippen molar-refractivity contribution in [3.05, 3.63) is 65.5 Å². The van der Waals surface area contributed by atoms with Gasteiger partial charge in [-0.3, -0.25) is 14.5 Å². The average molecular weight is 442 g/mol. The zero-order valence-corrected chi connectivity index (χ0v) is 18.9. The van der Waals surface area contributed by atoms with Crippen molar-refractivity contribution >= 4 is 11.8 Å². The maximum atomic E-state index is 13.8. The van der Waals surface area contributed by atoms with E-state index in [0.717, 1.165) is 24.3 Å². The van der Waals surface area contributed by atoms with Crippen LogP contribution in [-0.2, 0) is 22.6 Å². The van der Waals surface area contributed by atoms with Gasteiger partial charge in [0, 0.05) is 44.7 Å². The monoisotopic (exact) mass is 441 g/mol. The fourth-order valence-corrected chi connectivity index (χ4v) is 3.91. The van der Waals surface area contributed by atoms with Gasteiger partial charge in [-0.2, -0.15) is 0 Å². The van der Waals surface area contributed by atoms with Crippen molar-refractivity contribution < 1.29 is 18.7 Å². The molecule has 1 heterocycles. The SMILES string of the molecule is COc1ccc(CCC(=O)N2CCCN(C(C)C(=O)NCc3ccccc3F)CC2)cc1. The number of nitrogens with one attached hydrogen (secondary N) is 1. The molecule has 1 fully saturated rings. The number of rotatable bonds is 8. The zero-order chi connectivity index (χ0) is 22.9. The van der Waals surface area contributed by atoms with E-state index in [1.165, 1.54) is 6.07 Å². The van der Waals surface area contributed by atoms with Gasteiger partial charge < -0.3 is 15.0 Å². The number of hydrogen-bond acceptors (Lipinski definition) is 4. The van der Waals surface area contributed by atoms with Gasteiger partial charge in [-0.1, -0.05) is 30.3 Å². The smallest absolute Gasteiger partial charge is 0.237 e. The van der Waals surface area contributed by atoms with E-state index >= 15 is 0 Å². The zero-order valence-electron chi connectivity index (χ0n) is 18.9. The van der Waals surface area contributed by atoms with Crippen molar-refractivity contribution in [2.24, 2.45) is 0 Å². The normalized spacial score (nSPS) is 15.7. The number of ether oxygens (including phenoxy) is 1. The van der Waals surface area contributed by atoms with Crippen LogP contribution in [0.3, 0.4) is 0 Å². The molecule has 3 rings (SSSR count). The van der Waals surface area contributed by atoms with E-state index in [0.29, 0.717) is 38.0 Å². The second-order valence-corrected chi connectivity index (χ2v) is 8.10. The predicted molar refractivity (Wildman–Crippen MR) is 122 cm³/mol. The van der Waals surface area contributed by atoms with Crippen molar-refractivity contribution in [3.8, 4) is 5.75 Å². The molecule has 2 aromatic carbocycles. The van der Waals surface area contributed by atoms with Gasteiger partial charge in [-0.15, -0.1) is 0 Å². The summed E-state index contributed by atoms with van der Waals surface area (Å²) < 4.78 is 18.9. The van der Waals surface area contributed by atoms with Crippen LogP contribution in [0.1, 0.15) is 30.9 Å². The summed E-state index contributed by atoms with van der Waals surface area (Å²) in [7, 11) is 1.63. The fourth-order valence-electron chi connectivity index (χ4n) is 3.91. The Kier molecular flexibility index (Phi) is 8.62. The number of hydrogen-bond donors (Lipinski definition) is 1. The van der Waals surface area contributed by atoms with Gasteiger partial charge in [-0.25, -0.2) is 4.39 Å². The lowest BCUT2D eigenvalue weighted by atomic mass is 10.1. The minimum Gasteiger partial charge on any atom is -0.497 e. The molecule has 7 heteroatoms. The highest BCUT2D eigenvalue weighted by Gasteiger charge is 2.25. The maximum absolute atomic E-state index is 13.8. The number of halogens is 1. The third kappa shape index (κ3) is 6.53. The Labute approximate surface area is 189 Å². The third-order valence-corrected chi connectivity index (χ3v) is 6.01. The van der Waals surface area contributed by atoms with E-state index in [9.17, 15) is 14.0 Å². The molecule has 2 aromatic rings. The molecule has 0 saturated carbocycles. The molecule has 32 heavy (non-hydrogen) atoms. The number of benzene rings is 2. The number of amides is 2. The second kappa shape index (κ2) is 11.6. The molecule has 0 bridgehead atoms. The highest BCUT2D eigenvalue weighted by atomic mass is 19.1. The summed E-state index contributed by atoms with van der Waals surface area (Å²) in [5, 5.41) is 2.83. The van der Waals surface area contributed by atoms with Crippen LogP contribution >= 0.6 is 0 Å². The minimum atomic E-state index is -0.337. The number of nitrogens with zero attached hydrogens (tertiary/aromatic N) is 2. The molecule has 1 saturated heterocycles. The topological polar surface area (TPSA) is 61.9 Å². The first-order valence-corrected chi connectivity index (χ1v) is 11.1. The van der Waals surface area contributed by atoms with Crippen molar-refractivity contribution in [2.45, 2.75) is 38.8 Å². The Balaban J connectivity index is 1.45. The van der Waals surface area contributed by atoms with Crippen LogP contribution in [0.2, 0.25) is 0 Å². The van der Waals surface area contributed by atoms with E-state index in [1.807, 2.05) is 36.1 Å². The molecule has 0 spiro atoms. The van der Waals surface area contributed by atoms with E-state index in [1.54, 1.807) is 25.3 Å². The maximum Gasteiger partial charge on any atom is 0.237 e. The van der Waals surface area contributed by atoms with Crippen molar-refractivity contribution in [1.29, 1.82) is 0 Å². The van der Waals surface area contributed by atoms with Gasteiger partial charge in [0.1, 0.15) is 11.6 Å². The number of carbonyl (C=O) groups is 2. The van der Waals surface area contributed by atoms with Gasteiger partial charge in [0.25, 0.3) is 0 Å². The molecule has 1 N–H and O–H groups in total. The quantitative estimate of drug-likeness (QED) is 0.684. The van der Waals surface area contributed by atoms with E-state index in [4.69, 9.17) is 4.74 Å². The number of carbonyl (C=O) groups excluding carboxylic acids is 2. The standard InChI is InChI=1S/C25H32FN3O3/c1-19(25(31)27-18-21-6-3-4-7-23(21)26)28-14-5-15-29(17-16-28)24(30)13-10-20-8-11-22(32-2)12-9-20/h3-4,6-9,11-12,19H,5,10,13-18H2,1-2H3,(H,27,31). The van der Waals surface area contributed by atoms with Crippen LogP contribution in [0.15, 0.2) is 48.5 Å². The van der Waals surface area contributed by atoms with Crippen LogP contribution in [0, 0.1) is 5.82 Å². The summed E-state index contributed by atoms with van der Waals surface area (Å²) in [6.45, 7) is 4.71. The summed E-state index contributed by atoms with van der Waals surface area (Å²) in [4.78, 5) is 29.3. The summed E-state index contributed by atoms with van der Waals surface area (Å²) in [5.74, 6) is 0.491. The third-order valence-electron chi connectivity index (χ3n) is 6.01.